The van der Waals surface area contributed by atoms with Gasteiger partial charge in [0, 0.05) is 29.4 Å². The van der Waals surface area contributed by atoms with Gasteiger partial charge < -0.3 is 14.4 Å². The summed E-state index contributed by atoms with van der Waals surface area (Å²) in [6.45, 7) is 2.51. The second-order valence-corrected chi connectivity index (χ2v) is 5.84. The van der Waals surface area contributed by atoms with E-state index in [0.29, 0.717) is 6.10 Å². The molecule has 0 radical (unpaired) electrons. The molecule has 1 heterocycles. The standard InChI is InChI=1S/C14H20BrNO2/c1-16(2)10-11-9-12(15)3-4-14(11)18-13-5-7-17-8-6-13/h3-4,9,13H,5-8,10H2,1-2H3. The number of hydrogen-bond donors (Lipinski definition) is 0. The molecule has 0 aliphatic carbocycles. The molecule has 0 saturated carbocycles. The van der Waals surface area contributed by atoms with Crippen LogP contribution in [-0.4, -0.2) is 38.3 Å². The molecule has 1 saturated heterocycles. The number of halogens is 1. The van der Waals surface area contributed by atoms with Crippen molar-refractivity contribution in [2.45, 2.75) is 25.5 Å². The van der Waals surface area contributed by atoms with E-state index >= 15 is 0 Å². The zero-order chi connectivity index (χ0) is 13.0. The summed E-state index contributed by atoms with van der Waals surface area (Å²) >= 11 is 3.52. The lowest BCUT2D eigenvalue weighted by Gasteiger charge is -2.25. The lowest BCUT2D eigenvalue weighted by Crippen LogP contribution is -2.26. The van der Waals surface area contributed by atoms with Gasteiger partial charge in [-0.25, -0.2) is 0 Å². The van der Waals surface area contributed by atoms with Crippen molar-refractivity contribution < 1.29 is 9.47 Å². The van der Waals surface area contributed by atoms with Gasteiger partial charge in [0.15, 0.2) is 0 Å². The Balaban J connectivity index is 2.09. The Morgan fingerprint density at radius 1 is 1.33 bits per heavy atom. The third-order valence-electron chi connectivity index (χ3n) is 2.97. The number of rotatable bonds is 4. The minimum atomic E-state index is 0.292. The maximum atomic E-state index is 6.11. The van der Waals surface area contributed by atoms with Crippen molar-refractivity contribution in [3.63, 3.8) is 0 Å². The highest BCUT2D eigenvalue weighted by atomic mass is 79.9. The average Bonchev–Trinajstić information content (AvgIpc) is 2.33. The fourth-order valence-corrected chi connectivity index (χ4v) is 2.51. The van der Waals surface area contributed by atoms with E-state index in [0.717, 1.165) is 42.8 Å². The second kappa shape index (κ2) is 6.55. The molecule has 3 nitrogen and oxygen atoms in total. The fraction of sp³-hybridized carbons (Fsp3) is 0.571. The predicted octanol–water partition coefficient (Wildman–Crippen LogP) is 3.07. The van der Waals surface area contributed by atoms with Gasteiger partial charge in [0.2, 0.25) is 0 Å². The van der Waals surface area contributed by atoms with Crippen molar-refractivity contribution >= 4 is 15.9 Å². The number of hydrogen-bond acceptors (Lipinski definition) is 3. The number of nitrogens with zero attached hydrogens (tertiary/aromatic N) is 1. The monoisotopic (exact) mass is 313 g/mol. The summed E-state index contributed by atoms with van der Waals surface area (Å²) in [5.41, 5.74) is 1.22. The Morgan fingerprint density at radius 2 is 2.06 bits per heavy atom. The molecule has 0 aromatic heterocycles. The van der Waals surface area contributed by atoms with Gasteiger partial charge in [0.25, 0.3) is 0 Å². The lowest BCUT2D eigenvalue weighted by atomic mass is 10.1. The van der Waals surface area contributed by atoms with E-state index in [2.05, 4.69) is 47.1 Å². The van der Waals surface area contributed by atoms with E-state index in [1.807, 2.05) is 6.07 Å². The molecule has 0 N–H and O–H groups in total. The molecule has 0 atom stereocenters. The van der Waals surface area contributed by atoms with Crippen LogP contribution < -0.4 is 4.74 Å². The van der Waals surface area contributed by atoms with Crippen molar-refractivity contribution in [2.24, 2.45) is 0 Å². The van der Waals surface area contributed by atoms with Crippen LogP contribution in [0, 0.1) is 0 Å². The Bertz CT molecular complexity index is 389. The van der Waals surface area contributed by atoms with E-state index in [-0.39, 0.29) is 0 Å². The van der Waals surface area contributed by atoms with E-state index in [4.69, 9.17) is 9.47 Å². The van der Waals surface area contributed by atoms with Crippen molar-refractivity contribution in [1.82, 2.24) is 4.90 Å². The third kappa shape index (κ3) is 3.97. The van der Waals surface area contributed by atoms with Gasteiger partial charge in [-0.05, 0) is 32.3 Å². The molecule has 1 aliphatic rings. The summed E-state index contributed by atoms with van der Waals surface area (Å²) in [7, 11) is 4.14. The molecule has 1 aliphatic heterocycles. The molecule has 100 valence electrons. The Morgan fingerprint density at radius 3 is 2.72 bits per heavy atom. The SMILES string of the molecule is CN(C)Cc1cc(Br)ccc1OC1CCOCC1. The summed E-state index contributed by atoms with van der Waals surface area (Å²) in [5, 5.41) is 0. The molecular formula is C14H20BrNO2. The minimum absolute atomic E-state index is 0.292. The second-order valence-electron chi connectivity index (χ2n) is 4.92. The quantitative estimate of drug-likeness (QED) is 0.852. The smallest absolute Gasteiger partial charge is 0.124 e. The molecule has 1 aromatic rings. The topological polar surface area (TPSA) is 21.7 Å². The summed E-state index contributed by atoms with van der Waals surface area (Å²) in [5.74, 6) is 0.999. The largest absolute Gasteiger partial charge is 0.490 e. The molecule has 0 spiro atoms. The van der Waals surface area contributed by atoms with Crippen LogP contribution in [0.4, 0.5) is 0 Å². The first-order valence-electron chi connectivity index (χ1n) is 6.32. The normalized spacial score (nSPS) is 17.1. The van der Waals surface area contributed by atoms with Crippen molar-refractivity contribution in [2.75, 3.05) is 27.3 Å². The first kappa shape index (κ1) is 13.8. The Labute approximate surface area is 117 Å². The van der Waals surface area contributed by atoms with E-state index in [1.54, 1.807) is 0 Å². The van der Waals surface area contributed by atoms with Gasteiger partial charge in [0.1, 0.15) is 11.9 Å². The Hall–Kier alpha value is -0.580. The maximum absolute atomic E-state index is 6.11. The van der Waals surface area contributed by atoms with Gasteiger partial charge in [0.05, 0.1) is 13.2 Å². The highest BCUT2D eigenvalue weighted by Gasteiger charge is 2.17. The van der Waals surface area contributed by atoms with Gasteiger partial charge in [-0.1, -0.05) is 15.9 Å². The molecular weight excluding hydrogens is 294 g/mol. The molecule has 4 heteroatoms. The van der Waals surface area contributed by atoms with E-state index < -0.39 is 0 Å². The first-order valence-corrected chi connectivity index (χ1v) is 7.12. The predicted molar refractivity (Wildman–Crippen MR) is 76.0 cm³/mol. The number of benzene rings is 1. The van der Waals surface area contributed by atoms with Crippen LogP contribution in [0.3, 0.4) is 0 Å². The first-order chi connectivity index (χ1) is 8.65. The van der Waals surface area contributed by atoms with Crippen LogP contribution >= 0.6 is 15.9 Å². The molecule has 0 unspecified atom stereocenters. The Kier molecular flexibility index (Phi) is 5.03. The summed E-state index contributed by atoms with van der Waals surface area (Å²) in [4.78, 5) is 2.15. The van der Waals surface area contributed by atoms with Crippen molar-refractivity contribution in [1.29, 1.82) is 0 Å². The van der Waals surface area contributed by atoms with E-state index in [9.17, 15) is 0 Å². The lowest BCUT2D eigenvalue weighted by molar-refractivity contribution is 0.0250. The van der Waals surface area contributed by atoms with Gasteiger partial charge >= 0.3 is 0 Å². The van der Waals surface area contributed by atoms with Crippen molar-refractivity contribution in [3.8, 4) is 5.75 Å². The molecule has 18 heavy (non-hydrogen) atoms. The van der Waals surface area contributed by atoms with Crippen LogP contribution in [0.1, 0.15) is 18.4 Å². The van der Waals surface area contributed by atoms with Crippen molar-refractivity contribution in [3.05, 3.63) is 28.2 Å². The molecule has 1 fully saturated rings. The maximum Gasteiger partial charge on any atom is 0.124 e. The van der Waals surface area contributed by atoms with Crippen LogP contribution in [0.25, 0.3) is 0 Å². The fourth-order valence-electron chi connectivity index (χ4n) is 2.10. The van der Waals surface area contributed by atoms with Crippen LogP contribution in [0.5, 0.6) is 5.75 Å². The summed E-state index contributed by atoms with van der Waals surface area (Å²) in [6.07, 6.45) is 2.26. The van der Waals surface area contributed by atoms with Crippen LogP contribution in [0.2, 0.25) is 0 Å². The zero-order valence-electron chi connectivity index (χ0n) is 11.0. The van der Waals surface area contributed by atoms with E-state index in [1.165, 1.54) is 5.56 Å². The van der Waals surface area contributed by atoms with Gasteiger partial charge in [-0.15, -0.1) is 0 Å². The van der Waals surface area contributed by atoms with Gasteiger partial charge in [-0.2, -0.15) is 0 Å². The summed E-state index contributed by atoms with van der Waals surface area (Å²) < 4.78 is 12.6. The van der Waals surface area contributed by atoms with Gasteiger partial charge in [-0.3, -0.25) is 0 Å². The minimum Gasteiger partial charge on any atom is -0.490 e. The molecule has 2 rings (SSSR count). The molecule has 1 aromatic carbocycles. The average molecular weight is 314 g/mol. The molecule has 0 bridgehead atoms. The summed E-state index contributed by atoms with van der Waals surface area (Å²) in [6, 6.07) is 6.22. The third-order valence-corrected chi connectivity index (χ3v) is 3.46. The zero-order valence-corrected chi connectivity index (χ0v) is 12.6. The number of ether oxygens (including phenoxy) is 2. The molecule has 0 amide bonds. The van der Waals surface area contributed by atoms with Crippen LogP contribution in [-0.2, 0) is 11.3 Å². The highest BCUT2D eigenvalue weighted by Crippen LogP contribution is 2.26. The van der Waals surface area contributed by atoms with Crippen LogP contribution in [0.15, 0.2) is 22.7 Å². The highest BCUT2D eigenvalue weighted by molar-refractivity contribution is 9.10.